The Morgan fingerprint density at radius 3 is 2.04 bits per heavy atom. The fourth-order valence-electron chi connectivity index (χ4n) is 9.06. The summed E-state index contributed by atoms with van der Waals surface area (Å²) < 4.78 is 95.2. The lowest BCUT2D eigenvalue weighted by Crippen LogP contribution is -2.48. The summed E-state index contributed by atoms with van der Waals surface area (Å²) in [6, 6.07) is 31.4. The lowest BCUT2D eigenvalue weighted by molar-refractivity contribution is 0.401. The normalized spacial score (nSPS) is 19.2. The van der Waals surface area contributed by atoms with Gasteiger partial charge < -0.3 is 14.2 Å². The summed E-state index contributed by atoms with van der Waals surface area (Å²) in [7, 11) is -1.75. The molecule has 284 valence electrons. The van der Waals surface area contributed by atoms with Crippen LogP contribution in [0.3, 0.4) is 0 Å². The quantitative estimate of drug-likeness (QED) is 0.101. The van der Waals surface area contributed by atoms with Crippen LogP contribution >= 0.6 is 22.7 Å². The first-order chi connectivity index (χ1) is 27.2. The Morgan fingerprint density at radius 2 is 1.37 bits per heavy atom. The van der Waals surface area contributed by atoms with Gasteiger partial charge in [0.2, 0.25) is 10.9 Å². The van der Waals surface area contributed by atoms with Crippen LogP contribution in [0.2, 0.25) is 0 Å². The number of ether oxygens (including phenoxy) is 1. The van der Waals surface area contributed by atoms with Gasteiger partial charge in [-0.25, -0.2) is 26.2 Å². The third-order valence-electron chi connectivity index (χ3n) is 12.2. The van der Waals surface area contributed by atoms with Gasteiger partial charge in [-0.15, -0.1) is 22.7 Å². The molecule has 0 amide bonds. The van der Waals surface area contributed by atoms with Crippen LogP contribution in [0, 0.1) is 17.5 Å². The Bertz CT molecular complexity index is 3130. The second-order valence-corrected chi connectivity index (χ2v) is 18.0. The average molecular weight is 817 g/mol. The van der Waals surface area contributed by atoms with E-state index in [1.807, 2.05) is 61.3 Å². The number of hydrogen-bond acceptors (Lipinski definition) is 7. The maximum atomic E-state index is 16.5. The van der Waals surface area contributed by atoms with Gasteiger partial charge in [-0.3, -0.25) is 0 Å². The molecule has 7 aromatic rings. The fraction of sp³-hybridized carbons (Fsp3) is 0.133. The molecule has 0 N–H and O–H groups in total. The van der Waals surface area contributed by atoms with E-state index in [1.165, 1.54) is 22.7 Å². The predicted octanol–water partition coefficient (Wildman–Crippen LogP) is 8.93. The van der Waals surface area contributed by atoms with Gasteiger partial charge in [-0.2, -0.15) is 0 Å². The van der Waals surface area contributed by atoms with E-state index >= 15 is 13.2 Å². The molecule has 0 radical (unpaired) electrons. The summed E-state index contributed by atoms with van der Waals surface area (Å²) in [5, 5.41) is 4.91. The standard InChI is InChI=1S/C45H31F3N2O4S3/c1-44(24-11-7-5-8-12-24)30-15-17-55-41(30)26-19-28-36(22-34(26)49(44)3)54-37-23-35-27(42-31(16-18-56-42)45(2,50(35)4)25-13-9-6-10-14-25)20-29(37)38(28)39-40(48)32(46)21-33(47)43(39)57(51,52)53/h5-23H,1-4H3. The summed E-state index contributed by atoms with van der Waals surface area (Å²) in [4.78, 5) is 2.47. The van der Waals surface area contributed by atoms with Crippen molar-refractivity contribution in [2.75, 3.05) is 19.0 Å². The number of nitrogens with zero attached hydrogens (tertiary/aromatic N) is 2. The van der Waals surface area contributed by atoms with Gasteiger partial charge in [0.1, 0.15) is 39.4 Å². The van der Waals surface area contributed by atoms with Crippen molar-refractivity contribution < 1.29 is 30.9 Å². The molecule has 2 atom stereocenters. The number of thiophene rings is 2. The van der Waals surface area contributed by atoms with Gasteiger partial charge >= 0.3 is 0 Å². The minimum absolute atomic E-state index is 0.0969. The Hall–Kier alpha value is -5.53. The van der Waals surface area contributed by atoms with Crippen molar-refractivity contribution in [2.24, 2.45) is 0 Å². The Morgan fingerprint density at radius 1 is 0.737 bits per heavy atom. The van der Waals surface area contributed by atoms with E-state index in [2.05, 4.69) is 59.7 Å². The monoisotopic (exact) mass is 816 g/mol. The number of hydrogen-bond donors (Lipinski definition) is 0. The molecule has 5 aromatic carbocycles. The van der Waals surface area contributed by atoms with Crippen molar-refractivity contribution in [3.8, 4) is 32.4 Å². The predicted molar refractivity (Wildman–Crippen MR) is 216 cm³/mol. The van der Waals surface area contributed by atoms with Crippen molar-refractivity contribution in [3.63, 3.8) is 0 Å². The number of halogens is 3. The van der Waals surface area contributed by atoms with Gasteiger partial charge in [0.15, 0.2) is 11.6 Å². The van der Waals surface area contributed by atoms with E-state index in [-0.39, 0.29) is 33.9 Å². The van der Waals surface area contributed by atoms with Crippen molar-refractivity contribution in [2.45, 2.75) is 29.8 Å². The third-order valence-corrected chi connectivity index (χ3v) is 15.0. The molecule has 3 aliphatic rings. The van der Waals surface area contributed by atoms with Gasteiger partial charge in [-0.1, -0.05) is 60.7 Å². The number of fused-ring (bicyclic) bond motifs is 8. The van der Waals surface area contributed by atoms with Gasteiger partial charge in [-0.05, 0) is 47.5 Å². The highest BCUT2D eigenvalue weighted by molar-refractivity contribution is 7.85. The lowest BCUT2D eigenvalue weighted by Gasteiger charge is -2.46. The van der Waals surface area contributed by atoms with E-state index in [4.69, 9.17) is 4.74 Å². The molecule has 0 fully saturated rings. The van der Waals surface area contributed by atoms with E-state index < -0.39 is 49.1 Å². The molecule has 2 aromatic heterocycles. The Balaban J connectivity index is 1.34. The first-order valence-electron chi connectivity index (χ1n) is 18.0. The smallest absolute Gasteiger partial charge is 0.213 e. The Kier molecular flexibility index (Phi) is 7.70. The summed E-state index contributed by atoms with van der Waals surface area (Å²) in [6.07, 6.45) is 0. The molecule has 10 rings (SSSR count). The molecule has 6 nitrogen and oxygen atoms in total. The summed E-state index contributed by atoms with van der Waals surface area (Å²) >= 11 is 3.01. The first-order valence-corrected chi connectivity index (χ1v) is 21.2. The summed E-state index contributed by atoms with van der Waals surface area (Å²) in [6.45, 7) is 4.26. The van der Waals surface area contributed by atoms with Crippen LogP contribution in [0.25, 0.3) is 26.5 Å². The van der Waals surface area contributed by atoms with E-state index in [0.29, 0.717) is 0 Å². The second-order valence-electron chi connectivity index (χ2n) is 14.8. The zero-order valence-corrected chi connectivity index (χ0v) is 33.3. The van der Waals surface area contributed by atoms with E-state index in [9.17, 15) is 13.0 Å². The average Bonchev–Trinajstić information content (AvgIpc) is 3.91. The zero-order valence-electron chi connectivity index (χ0n) is 30.9. The zero-order chi connectivity index (χ0) is 39.8. The van der Waals surface area contributed by atoms with E-state index in [0.717, 1.165) is 54.2 Å². The SMILES string of the molecule is CN1c2cc3c(cc2-c2sccc2C1(C)c1ccccc1)C(c1c(F)c(F)cc(F)c1S(=O)(=O)[O-])=c1cc2c(cc1O3)=[N+](C)C(C)(c1ccccc1)c1ccsc1-2. The molecule has 0 bridgehead atoms. The van der Waals surface area contributed by atoms with Crippen molar-refractivity contribution >= 4 is 44.1 Å². The summed E-state index contributed by atoms with van der Waals surface area (Å²) in [5.41, 5.74) is 4.07. The highest BCUT2D eigenvalue weighted by Crippen LogP contribution is 2.55. The molecule has 0 saturated heterocycles. The highest BCUT2D eigenvalue weighted by atomic mass is 32.2. The largest absolute Gasteiger partial charge is 0.744 e. The van der Waals surface area contributed by atoms with Crippen LogP contribution in [0.1, 0.15) is 47.2 Å². The first kappa shape index (κ1) is 35.9. The van der Waals surface area contributed by atoms with Crippen LogP contribution in [-0.2, 0) is 21.2 Å². The second kappa shape index (κ2) is 12.2. The summed E-state index contributed by atoms with van der Waals surface area (Å²) in [5.74, 6) is -4.59. The van der Waals surface area contributed by atoms with Gasteiger partial charge in [0.05, 0.1) is 22.0 Å². The molecule has 5 heterocycles. The molecule has 0 spiro atoms. The molecular weight excluding hydrogens is 786 g/mol. The molecule has 12 heteroatoms. The van der Waals surface area contributed by atoms with Crippen LogP contribution in [-0.4, -0.2) is 27.1 Å². The molecule has 3 aliphatic heterocycles. The van der Waals surface area contributed by atoms with Crippen LogP contribution < -0.4 is 24.8 Å². The molecule has 57 heavy (non-hydrogen) atoms. The third kappa shape index (κ3) is 4.84. The van der Waals surface area contributed by atoms with Crippen molar-refractivity contribution in [1.29, 1.82) is 0 Å². The highest BCUT2D eigenvalue weighted by Gasteiger charge is 2.46. The van der Waals surface area contributed by atoms with Crippen LogP contribution in [0.4, 0.5) is 18.9 Å². The molecule has 0 aliphatic carbocycles. The Labute approximate surface area is 334 Å². The van der Waals surface area contributed by atoms with E-state index in [1.54, 1.807) is 24.3 Å². The van der Waals surface area contributed by atoms with Gasteiger partial charge in [0, 0.05) is 80.8 Å². The van der Waals surface area contributed by atoms with Crippen molar-refractivity contribution in [3.05, 3.63) is 175 Å². The maximum Gasteiger partial charge on any atom is 0.213 e. The number of anilines is 1. The number of rotatable bonds is 4. The minimum Gasteiger partial charge on any atom is -0.744 e. The molecular formula is C45H31F3N2O4S3. The van der Waals surface area contributed by atoms with Crippen LogP contribution in [0.15, 0.2) is 119 Å². The van der Waals surface area contributed by atoms with Crippen LogP contribution in [0.5, 0.6) is 11.5 Å². The lowest BCUT2D eigenvalue weighted by atomic mass is 9.78. The molecule has 0 saturated carbocycles. The van der Waals surface area contributed by atoms with Gasteiger partial charge in [0.25, 0.3) is 0 Å². The molecule has 2 unspecified atom stereocenters. The minimum atomic E-state index is -5.69. The topological polar surface area (TPSA) is 72.7 Å². The fourth-order valence-corrected chi connectivity index (χ4v) is 11.9. The number of benzene rings is 5. The maximum absolute atomic E-state index is 16.5. The van der Waals surface area contributed by atoms with Crippen molar-refractivity contribution in [1.82, 2.24) is 4.58 Å².